The molecule has 0 amide bonds. The van der Waals surface area contributed by atoms with E-state index >= 15 is 0 Å². The van der Waals surface area contributed by atoms with E-state index in [9.17, 15) is 0 Å². The van der Waals surface area contributed by atoms with E-state index in [1.54, 1.807) is 0 Å². The number of aromatic nitrogens is 4. The minimum Gasteiger partial charge on any atom is -0.379 e. The van der Waals surface area contributed by atoms with Gasteiger partial charge in [0.1, 0.15) is 11.6 Å². The Kier molecular flexibility index (Phi) is 5.57. The molecule has 0 N–H and O–H groups in total. The highest BCUT2D eigenvalue weighted by molar-refractivity contribution is 5.10. The van der Waals surface area contributed by atoms with Crippen LogP contribution in [-0.4, -0.2) is 68.9 Å². The maximum Gasteiger partial charge on any atom is 0.146 e. The third-order valence-corrected chi connectivity index (χ3v) is 5.49. The summed E-state index contributed by atoms with van der Waals surface area (Å²) in [6, 6.07) is 4.21. The van der Waals surface area contributed by atoms with Gasteiger partial charge in [-0.2, -0.15) is 0 Å². The summed E-state index contributed by atoms with van der Waals surface area (Å²) in [6.07, 6.45) is 6.15. The monoisotopic (exact) mass is 356 g/mol. The molecule has 0 bridgehead atoms. The lowest BCUT2D eigenvalue weighted by Gasteiger charge is -2.32. The molecule has 140 valence electrons. The van der Waals surface area contributed by atoms with Crippen LogP contribution in [0.15, 0.2) is 24.5 Å². The van der Waals surface area contributed by atoms with Crippen LogP contribution >= 0.6 is 0 Å². The van der Waals surface area contributed by atoms with E-state index in [1.165, 1.54) is 18.4 Å². The number of nitrogens with zero attached hydrogens (tertiary/aromatic N) is 6. The quantitative estimate of drug-likeness (QED) is 0.808. The zero-order valence-electron chi connectivity index (χ0n) is 15.5. The summed E-state index contributed by atoms with van der Waals surface area (Å²) in [5.74, 6) is 2.65. The number of piperidine rings is 1. The highest BCUT2D eigenvalue weighted by Gasteiger charge is 2.26. The Balaban J connectivity index is 1.40. The van der Waals surface area contributed by atoms with Crippen molar-refractivity contribution in [1.29, 1.82) is 0 Å². The lowest BCUT2D eigenvalue weighted by atomic mass is 9.96. The lowest BCUT2D eigenvalue weighted by Crippen LogP contribution is -2.36. The molecule has 0 saturated carbocycles. The summed E-state index contributed by atoms with van der Waals surface area (Å²) in [7, 11) is 2.12. The molecule has 2 aromatic heterocycles. The van der Waals surface area contributed by atoms with Gasteiger partial charge in [0.25, 0.3) is 0 Å². The Bertz CT molecular complexity index is 697. The first kappa shape index (κ1) is 17.6. The number of ether oxygens (including phenoxy) is 1. The molecular weight excluding hydrogens is 328 g/mol. The summed E-state index contributed by atoms with van der Waals surface area (Å²) >= 11 is 0. The van der Waals surface area contributed by atoms with E-state index in [-0.39, 0.29) is 0 Å². The Labute approximate surface area is 155 Å². The van der Waals surface area contributed by atoms with Crippen molar-refractivity contribution in [3.8, 4) is 0 Å². The molecule has 0 aliphatic carbocycles. The van der Waals surface area contributed by atoms with Crippen LogP contribution in [0.3, 0.4) is 0 Å². The molecule has 0 aromatic carbocycles. The molecule has 0 radical (unpaired) electrons. The maximum atomic E-state index is 5.43. The maximum absolute atomic E-state index is 5.43. The van der Waals surface area contributed by atoms with Crippen LogP contribution in [0, 0.1) is 0 Å². The highest BCUT2D eigenvalue weighted by atomic mass is 16.5. The van der Waals surface area contributed by atoms with E-state index < -0.39 is 0 Å². The fourth-order valence-corrected chi connectivity index (χ4v) is 3.98. The molecule has 1 atom stereocenters. The molecule has 26 heavy (non-hydrogen) atoms. The zero-order chi connectivity index (χ0) is 17.8. The summed E-state index contributed by atoms with van der Waals surface area (Å²) in [5.41, 5.74) is 1.33. The Hall–Kier alpha value is -1.83. The van der Waals surface area contributed by atoms with Crippen LogP contribution in [0.4, 0.5) is 0 Å². The molecule has 7 heteroatoms. The summed E-state index contributed by atoms with van der Waals surface area (Å²) < 4.78 is 7.65. The first-order valence-electron chi connectivity index (χ1n) is 9.59. The average Bonchev–Trinajstić information content (AvgIpc) is 3.04. The summed E-state index contributed by atoms with van der Waals surface area (Å²) in [6.45, 7) is 7.63. The van der Waals surface area contributed by atoms with Crippen LogP contribution in [-0.2, 0) is 24.9 Å². The third kappa shape index (κ3) is 4.11. The predicted octanol–water partition coefficient (Wildman–Crippen LogP) is 1.42. The average molecular weight is 356 g/mol. The third-order valence-electron chi connectivity index (χ3n) is 5.49. The smallest absolute Gasteiger partial charge is 0.146 e. The first-order chi connectivity index (χ1) is 12.8. The molecule has 2 aliphatic rings. The van der Waals surface area contributed by atoms with Gasteiger partial charge < -0.3 is 9.30 Å². The van der Waals surface area contributed by atoms with Gasteiger partial charge in [-0.3, -0.25) is 14.8 Å². The standard InChI is InChI=1S/C19H28N6O/c1-23-18(15-24-9-11-26-12-10-24)21-22-19(23)17-3-2-8-25(14-17)13-16-4-6-20-7-5-16/h4-7,17H,2-3,8-15H2,1H3. The number of hydrogen-bond acceptors (Lipinski definition) is 6. The minimum absolute atomic E-state index is 0.460. The molecule has 2 fully saturated rings. The molecule has 1 unspecified atom stereocenters. The Morgan fingerprint density at radius 3 is 2.65 bits per heavy atom. The zero-order valence-corrected chi connectivity index (χ0v) is 15.5. The van der Waals surface area contributed by atoms with E-state index in [0.717, 1.165) is 64.1 Å². The highest BCUT2D eigenvalue weighted by Crippen LogP contribution is 2.27. The van der Waals surface area contributed by atoms with Crippen molar-refractivity contribution in [2.75, 3.05) is 39.4 Å². The number of likely N-dealkylation sites (tertiary alicyclic amines) is 1. The van der Waals surface area contributed by atoms with Gasteiger partial charge in [0.2, 0.25) is 0 Å². The Morgan fingerprint density at radius 2 is 1.85 bits per heavy atom. The second-order valence-corrected chi connectivity index (χ2v) is 7.35. The molecule has 0 spiro atoms. The second kappa shape index (κ2) is 8.24. The SMILES string of the molecule is Cn1c(CN2CCOCC2)nnc1C1CCCN(Cc2ccncc2)C1. The van der Waals surface area contributed by atoms with Crippen molar-refractivity contribution >= 4 is 0 Å². The molecule has 4 heterocycles. The molecule has 2 aliphatic heterocycles. The van der Waals surface area contributed by atoms with Crippen molar-refractivity contribution in [3.05, 3.63) is 41.7 Å². The van der Waals surface area contributed by atoms with Crippen LogP contribution in [0.1, 0.15) is 36.0 Å². The van der Waals surface area contributed by atoms with E-state index in [2.05, 4.69) is 48.7 Å². The largest absolute Gasteiger partial charge is 0.379 e. The fourth-order valence-electron chi connectivity index (χ4n) is 3.98. The van der Waals surface area contributed by atoms with Gasteiger partial charge >= 0.3 is 0 Å². The van der Waals surface area contributed by atoms with E-state index in [1.807, 2.05) is 12.4 Å². The normalized spacial score (nSPS) is 22.6. The molecule has 2 aromatic rings. The lowest BCUT2D eigenvalue weighted by molar-refractivity contribution is 0.0326. The predicted molar refractivity (Wildman–Crippen MR) is 98.6 cm³/mol. The minimum atomic E-state index is 0.460. The van der Waals surface area contributed by atoms with E-state index in [0.29, 0.717) is 5.92 Å². The fraction of sp³-hybridized carbons (Fsp3) is 0.632. The summed E-state index contributed by atoms with van der Waals surface area (Å²) in [5, 5.41) is 9.06. The molecule has 2 saturated heterocycles. The van der Waals surface area contributed by atoms with Gasteiger partial charge in [-0.25, -0.2) is 0 Å². The second-order valence-electron chi connectivity index (χ2n) is 7.35. The summed E-state index contributed by atoms with van der Waals surface area (Å²) in [4.78, 5) is 9.04. The molecule has 4 rings (SSSR count). The van der Waals surface area contributed by atoms with Gasteiger partial charge in [-0.15, -0.1) is 10.2 Å². The number of morpholine rings is 1. The van der Waals surface area contributed by atoms with Crippen molar-refractivity contribution < 1.29 is 4.74 Å². The first-order valence-corrected chi connectivity index (χ1v) is 9.59. The van der Waals surface area contributed by atoms with Gasteiger partial charge in [-0.05, 0) is 37.1 Å². The van der Waals surface area contributed by atoms with Crippen LogP contribution < -0.4 is 0 Å². The van der Waals surface area contributed by atoms with Crippen molar-refractivity contribution in [2.45, 2.75) is 31.8 Å². The van der Waals surface area contributed by atoms with Gasteiger partial charge in [-0.1, -0.05) is 0 Å². The van der Waals surface area contributed by atoms with Crippen LogP contribution in [0.5, 0.6) is 0 Å². The van der Waals surface area contributed by atoms with Crippen LogP contribution in [0.25, 0.3) is 0 Å². The molecule has 7 nitrogen and oxygen atoms in total. The van der Waals surface area contributed by atoms with E-state index in [4.69, 9.17) is 4.74 Å². The van der Waals surface area contributed by atoms with Gasteiger partial charge in [0.15, 0.2) is 0 Å². The number of rotatable bonds is 5. The van der Waals surface area contributed by atoms with Crippen molar-refractivity contribution in [2.24, 2.45) is 7.05 Å². The van der Waals surface area contributed by atoms with Crippen LogP contribution in [0.2, 0.25) is 0 Å². The van der Waals surface area contributed by atoms with Crippen molar-refractivity contribution in [1.82, 2.24) is 29.5 Å². The number of hydrogen-bond donors (Lipinski definition) is 0. The van der Waals surface area contributed by atoms with Crippen molar-refractivity contribution in [3.63, 3.8) is 0 Å². The van der Waals surface area contributed by atoms with Gasteiger partial charge in [0.05, 0.1) is 19.8 Å². The molecular formula is C19H28N6O. The van der Waals surface area contributed by atoms with Gasteiger partial charge in [0, 0.05) is 51.5 Å². The Morgan fingerprint density at radius 1 is 1.04 bits per heavy atom. The topological polar surface area (TPSA) is 59.3 Å². The number of pyridine rings is 1.